The van der Waals surface area contributed by atoms with E-state index in [1.165, 1.54) is 18.4 Å². The second-order valence-electron chi connectivity index (χ2n) is 9.28. The second-order valence-corrected chi connectivity index (χ2v) is 9.28. The number of carbonyl (C=O) groups is 2. The lowest BCUT2D eigenvalue weighted by Crippen LogP contribution is -2.24. The van der Waals surface area contributed by atoms with Crippen molar-refractivity contribution in [3.05, 3.63) is 47.2 Å². The Bertz CT molecular complexity index is 1170. The standard InChI is InChI=1S/C22H25N5O4/c1-22(2,3)31-21(29)18-12-27(25-24-18)11-15-10-26-9-14(13-4-5-13)8-17(19(26)23-15)16-6-7-30-20(16)28/h8-10,12-13,16H,4-7,11H2,1-3H3. The van der Waals surface area contributed by atoms with Gasteiger partial charge in [-0.15, -0.1) is 5.10 Å². The van der Waals surface area contributed by atoms with Crippen LogP contribution in [0.5, 0.6) is 0 Å². The lowest BCUT2D eigenvalue weighted by molar-refractivity contribution is -0.139. The largest absolute Gasteiger partial charge is 0.465 e. The molecular formula is C22H25N5O4. The molecule has 0 N–H and O–H groups in total. The van der Waals surface area contributed by atoms with Crippen molar-refractivity contribution >= 4 is 17.6 Å². The average Bonchev–Trinajstić information content (AvgIpc) is 3.07. The highest BCUT2D eigenvalue weighted by atomic mass is 16.6. The molecule has 2 aliphatic rings. The molecule has 0 radical (unpaired) electrons. The molecule has 4 heterocycles. The van der Waals surface area contributed by atoms with Gasteiger partial charge >= 0.3 is 11.9 Å². The molecule has 0 bridgehead atoms. The van der Waals surface area contributed by atoms with Crippen LogP contribution in [0, 0.1) is 0 Å². The maximum absolute atomic E-state index is 12.3. The summed E-state index contributed by atoms with van der Waals surface area (Å²) in [6.07, 6.45) is 8.62. The molecule has 0 amide bonds. The third-order valence-corrected chi connectivity index (χ3v) is 5.48. The maximum atomic E-state index is 12.3. The Hall–Kier alpha value is -3.23. The van der Waals surface area contributed by atoms with Crippen LogP contribution < -0.4 is 0 Å². The van der Waals surface area contributed by atoms with Gasteiger partial charge in [0.05, 0.1) is 31.0 Å². The summed E-state index contributed by atoms with van der Waals surface area (Å²) in [5.41, 5.74) is 3.24. The van der Waals surface area contributed by atoms with Gasteiger partial charge in [0.15, 0.2) is 5.69 Å². The highest BCUT2D eigenvalue weighted by molar-refractivity contribution is 5.87. The van der Waals surface area contributed by atoms with E-state index < -0.39 is 11.6 Å². The minimum absolute atomic E-state index is 0.157. The molecule has 0 aromatic carbocycles. The first-order chi connectivity index (χ1) is 14.8. The molecule has 1 saturated carbocycles. The van der Waals surface area contributed by atoms with Gasteiger partial charge in [-0.25, -0.2) is 14.5 Å². The van der Waals surface area contributed by atoms with Gasteiger partial charge in [0.25, 0.3) is 0 Å². The van der Waals surface area contributed by atoms with Crippen molar-refractivity contribution in [1.82, 2.24) is 24.4 Å². The Labute approximate surface area is 179 Å². The van der Waals surface area contributed by atoms with E-state index in [2.05, 4.69) is 22.6 Å². The normalized spacial score (nSPS) is 19.1. The van der Waals surface area contributed by atoms with E-state index in [9.17, 15) is 9.59 Å². The summed E-state index contributed by atoms with van der Waals surface area (Å²) in [5.74, 6) is -0.415. The van der Waals surface area contributed by atoms with Gasteiger partial charge < -0.3 is 13.9 Å². The zero-order chi connectivity index (χ0) is 21.8. The number of hydrogen-bond acceptors (Lipinski definition) is 7. The monoisotopic (exact) mass is 423 g/mol. The van der Waals surface area contributed by atoms with Crippen molar-refractivity contribution in [2.75, 3.05) is 6.61 Å². The van der Waals surface area contributed by atoms with E-state index in [-0.39, 0.29) is 17.6 Å². The average molecular weight is 423 g/mol. The SMILES string of the molecule is CC(C)(C)OC(=O)c1cn(Cc2cn3cc(C4CC4)cc(C4CCOC4=O)c3n2)nn1. The van der Waals surface area contributed by atoms with Gasteiger partial charge in [0.2, 0.25) is 0 Å². The van der Waals surface area contributed by atoms with Crippen LogP contribution in [0.1, 0.15) is 79.2 Å². The van der Waals surface area contributed by atoms with E-state index in [1.54, 1.807) is 31.6 Å². The molecule has 162 valence electrons. The molecular weight excluding hydrogens is 398 g/mol. The van der Waals surface area contributed by atoms with Crippen LogP contribution in [-0.2, 0) is 20.8 Å². The topological polar surface area (TPSA) is 101 Å². The summed E-state index contributed by atoms with van der Waals surface area (Å²) in [7, 11) is 0. The molecule has 3 aromatic rings. The Morgan fingerprint density at radius 3 is 2.71 bits per heavy atom. The Kier molecular flexibility index (Phi) is 4.56. The van der Waals surface area contributed by atoms with Crippen LogP contribution in [0.2, 0.25) is 0 Å². The van der Waals surface area contributed by atoms with Crippen LogP contribution in [-0.4, -0.2) is 48.5 Å². The van der Waals surface area contributed by atoms with Crippen molar-refractivity contribution in [3.63, 3.8) is 0 Å². The third kappa shape index (κ3) is 4.04. The Morgan fingerprint density at radius 2 is 2.03 bits per heavy atom. The fourth-order valence-corrected chi connectivity index (χ4v) is 3.91. The molecule has 5 rings (SSSR count). The molecule has 3 aromatic heterocycles. The lowest BCUT2D eigenvalue weighted by Gasteiger charge is -2.18. The fourth-order valence-electron chi connectivity index (χ4n) is 3.91. The van der Waals surface area contributed by atoms with Gasteiger partial charge in [-0.2, -0.15) is 0 Å². The van der Waals surface area contributed by atoms with Crippen LogP contribution in [0.25, 0.3) is 5.65 Å². The number of hydrogen-bond donors (Lipinski definition) is 0. The van der Waals surface area contributed by atoms with Gasteiger partial charge in [-0.1, -0.05) is 5.21 Å². The summed E-state index contributed by atoms with van der Waals surface area (Å²) < 4.78 is 14.1. The molecule has 9 nitrogen and oxygen atoms in total. The van der Waals surface area contributed by atoms with Gasteiger partial charge in [-0.05, 0) is 57.6 Å². The van der Waals surface area contributed by atoms with Crippen molar-refractivity contribution in [2.45, 2.75) is 64.0 Å². The van der Waals surface area contributed by atoms with E-state index >= 15 is 0 Å². The third-order valence-electron chi connectivity index (χ3n) is 5.48. The van der Waals surface area contributed by atoms with E-state index in [0.29, 0.717) is 25.5 Å². The number of aromatic nitrogens is 5. The van der Waals surface area contributed by atoms with Crippen molar-refractivity contribution in [1.29, 1.82) is 0 Å². The number of rotatable bonds is 5. The summed E-state index contributed by atoms with van der Waals surface area (Å²) >= 11 is 0. The summed E-state index contributed by atoms with van der Waals surface area (Å²) in [5, 5.41) is 7.97. The minimum Gasteiger partial charge on any atom is -0.465 e. The van der Waals surface area contributed by atoms with Crippen molar-refractivity contribution in [2.24, 2.45) is 0 Å². The molecule has 31 heavy (non-hydrogen) atoms. The van der Waals surface area contributed by atoms with Gasteiger partial charge in [0, 0.05) is 18.0 Å². The summed E-state index contributed by atoms with van der Waals surface area (Å²) in [4.78, 5) is 29.2. The summed E-state index contributed by atoms with van der Waals surface area (Å²) in [6.45, 7) is 6.22. The van der Waals surface area contributed by atoms with E-state index in [0.717, 1.165) is 16.9 Å². The first-order valence-electron chi connectivity index (χ1n) is 10.6. The second kappa shape index (κ2) is 7.18. The van der Waals surface area contributed by atoms with E-state index in [4.69, 9.17) is 14.5 Å². The number of imidazole rings is 1. The molecule has 1 saturated heterocycles. The van der Waals surface area contributed by atoms with Crippen LogP contribution in [0.15, 0.2) is 24.7 Å². The van der Waals surface area contributed by atoms with Crippen molar-refractivity contribution in [3.8, 4) is 0 Å². The lowest BCUT2D eigenvalue weighted by atomic mass is 9.96. The maximum Gasteiger partial charge on any atom is 0.361 e. The molecule has 9 heteroatoms. The number of cyclic esters (lactones) is 1. The fraction of sp³-hybridized carbons (Fsp3) is 0.500. The van der Waals surface area contributed by atoms with Crippen molar-refractivity contribution < 1.29 is 19.1 Å². The molecule has 1 unspecified atom stereocenters. The van der Waals surface area contributed by atoms with E-state index in [1.807, 2.05) is 10.6 Å². The molecule has 1 atom stereocenters. The van der Waals surface area contributed by atoms with Crippen LogP contribution in [0.4, 0.5) is 0 Å². The number of carbonyl (C=O) groups excluding carboxylic acids is 2. The number of esters is 2. The minimum atomic E-state index is -0.598. The molecule has 2 fully saturated rings. The first-order valence-corrected chi connectivity index (χ1v) is 10.6. The van der Waals surface area contributed by atoms with Crippen LogP contribution >= 0.6 is 0 Å². The number of fused-ring (bicyclic) bond motifs is 1. The van der Waals surface area contributed by atoms with Crippen LogP contribution in [0.3, 0.4) is 0 Å². The zero-order valence-electron chi connectivity index (χ0n) is 17.9. The smallest absolute Gasteiger partial charge is 0.361 e. The first kappa shape index (κ1) is 19.7. The number of ether oxygens (including phenoxy) is 2. The van der Waals surface area contributed by atoms with Gasteiger partial charge in [-0.3, -0.25) is 4.79 Å². The number of nitrogens with zero attached hydrogens (tertiary/aromatic N) is 5. The van der Waals surface area contributed by atoms with Gasteiger partial charge in [0.1, 0.15) is 11.2 Å². The predicted molar refractivity (Wildman–Crippen MR) is 110 cm³/mol. The Balaban J connectivity index is 1.44. The summed E-state index contributed by atoms with van der Waals surface area (Å²) in [6, 6.07) is 2.12. The highest BCUT2D eigenvalue weighted by Crippen LogP contribution is 2.42. The molecule has 1 aliphatic carbocycles. The predicted octanol–water partition coefficient (Wildman–Crippen LogP) is 2.84. The zero-order valence-corrected chi connectivity index (χ0v) is 17.9. The molecule has 0 spiro atoms. The molecule has 1 aliphatic heterocycles. The Morgan fingerprint density at radius 1 is 1.23 bits per heavy atom. The quantitative estimate of drug-likeness (QED) is 0.582. The number of pyridine rings is 1. The highest BCUT2D eigenvalue weighted by Gasteiger charge is 2.33.